The summed E-state index contributed by atoms with van der Waals surface area (Å²) in [6, 6.07) is 5.72. The highest BCUT2D eigenvalue weighted by molar-refractivity contribution is 5.84. The summed E-state index contributed by atoms with van der Waals surface area (Å²) in [6.07, 6.45) is 1.51. The van der Waals surface area contributed by atoms with E-state index < -0.39 is 0 Å². The Hall–Kier alpha value is -3.07. The first-order chi connectivity index (χ1) is 13.5. The maximum absolute atomic E-state index is 6.20. The topological polar surface area (TPSA) is 112 Å². The quantitative estimate of drug-likeness (QED) is 0.540. The maximum Gasteiger partial charge on any atom is 0.207 e. The van der Waals surface area contributed by atoms with Crippen LogP contribution in [0.2, 0.25) is 0 Å². The molecule has 1 aromatic carbocycles. The molecule has 150 valence electrons. The summed E-state index contributed by atoms with van der Waals surface area (Å²) in [4.78, 5) is 13.2. The number of aromatic nitrogens is 4. The van der Waals surface area contributed by atoms with Crippen LogP contribution in [0.4, 0.5) is 11.8 Å². The highest BCUT2D eigenvalue weighted by atomic mass is 16.5. The minimum atomic E-state index is 0.231. The van der Waals surface area contributed by atoms with Gasteiger partial charge in [0, 0.05) is 30.8 Å². The number of hydrogen-bond acceptors (Lipinski definition) is 8. The van der Waals surface area contributed by atoms with E-state index in [1.165, 1.54) is 6.33 Å². The minimum absolute atomic E-state index is 0.231. The molecule has 0 bridgehead atoms. The number of nitrogens with one attached hydrogen (secondary N) is 2. The second-order valence-corrected chi connectivity index (χ2v) is 6.82. The molecule has 0 aliphatic heterocycles. The van der Waals surface area contributed by atoms with Gasteiger partial charge in [0.1, 0.15) is 18.0 Å². The van der Waals surface area contributed by atoms with Crippen molar-refractivity contribution >= 4 is 22.8 Å². The fraction of sp³-hybridized carbons (Fsp3) is 0.421. The zero-order valence-corrected chi connectivity index (χ0v) is 16.9. The van der Waals surface area contributed by atoms with Gasteiger partial charge in [-0.2, -0.15) is 0 Å². The van der Waals surface area contributed by atoms with Crippen LogP contribution in [-0.4, -0.2) is 53.4 Å². The number of nitrogens with two attached hydrogens (primary N) is 1. The monoisotopic (exact) mass is 385 g/mol. The molecule has 9 heteroatoms. The molecule has 28 heavy (non-hydrogen) atoms. The van der Waals surface area contributed by atoms with Gasteiger partial charge in [-0.05, 0) is 13.0 Å². The van der Waals surface area contributed by atoms with Crippen molar-refractivity contribution in [3.05, 3.63) is 24.5 Å². The summed E-state index contributed by atoms with van der Waals surface area (Å²) in [5.74, 6) is 3.29. The largest absolute Gasteiger partial charge is 0.493 e. The van der Waals surface area contributed by atoms with Crippen LogP contribution in [0, 0.1) is 5.92 Å². The highest BCUT2D eigenvalue weighted by Gasteiger charge is 2.17. The lowest BCUT2D eigenvalue weighted by Gasteiger charge is -2.22. The molecule has 4 N–H and O–H groups in total. The standard InChI is InChI=1S/C19H27N7O2/c1-11(2)13(9-21-3)24-17-8-18(23-10-22-17)26-14-7-16(28-5)15(27-4)6-12(14)25-19(26)20/h6-8,10-11,13,21H,9H2,1-5H3,(H2,20,25)(H,22,23,24)/t13-/m1/s1. The Morgan fingerprint density at radius 2 is 1.82 bits per heavy atom. The first-order valence-corrected chi connectivity index (χ1v) is 9.12. The number of likely N-dealkylation sites (N-methyl/N-ethyl adjacent to an activating group) is 1. The molecule has 0 saturated carbocycles. The van der Waals surface area contributed by atoms with Crippen LogP contribution in [0.5, 0.6) is 11.5 Å². The van der Waals surface area contributed by atoms with E-state index in [-0.39, 0.29) is 6.04 Å². The second kappa shape index (κ2) is 8.30. The van der Waals surface area contributed by atoms with Crippen molar-refractivity contribution in [2.75, 3.05) is 38.9 Å². The zero-order chi connectivity index (χ0) is 20.3. The molecule has 0 radical (unpaired) electrons. The number of imidazole rings is 1. The van der Waals surface area contributed by atoms with Crippen molar-refractivity contribution in [2.24, 2.45) is 5.92 Å². The number of nitrogen functional groups attached to an aromatic ring is 1. The Morgan fingerprint density at radius 3 is 2.46 bits per heavy atom. The molecule has 2 aromatic heterocycles. The highest BCUT2D eigenvalue weighted by Crippen LogP contribution is 2.34. The van der Waals surface area contributed by atoms with E-state index >= 15 is 0 Å². The number of anilines is 2. The van der Waals surface area contributed by atoms with Crippen LogP contribution < -0.4 is 25.8 Å². The third-order valence-electron chi connectivity index (χ3n) is 4.63. The first-order valence-electron chi connectivity index (χ1n) is 9.12. The predicted molar refractivity (Wildman–Crippen MR) is 110 cm³/mol. The summed E-state index contributed by atoms with van der Waals surface area (Å²) >= 11 is 0. The molecule has 0 amide bonds. The van der Waals surface area contributed by atoms with E-state index in [2.05, 4.69) is 39.4 Å². The first kappa shape index (κ1) is 19.7. The van der Waals surface area contributed by atoms with Gasteiger partial charge in [0.25, 0.3) is 0 Å². The Bertz CT molecular complexity index is 955. The number of benzene rings is 1. The third-order valence-corrected chi connectivity index (χ3v) is 4.63. The smallest absolute Gasteiger partial charge is 0.207 e. The van der Waals surface area contributed by atoms with Crippen molar-refractivity contribution in [1.29, 1.82) is 0 Å². The van der Waals surface area contributed by atoms with Gasteiger partial charge in [0.2, 0.25) is 5.95 Å². The van der Waals surface area contributed by atoms with Crippen LogP contribution in [-0.2, 0) is 0 Å². The average Bonchev–Trinajstić information content (AvgIpc) is 3.01. The summed E-state index contributed by atoms with van der Waals surface area (Å²) in [5, 5.41) is 6.66. The fourth-order valence-corrected chi connectivity index (χ4v) is 3.08. The van der Waals surface area contributed by atoms with Crippen LogP contribution in [0.1, 0.15) is 13.8 Å². The Labute approximate surface area is 164 Å². The SMILES string of the molecule is CNC[C@@H](Nc1cc(-n2c(N)nc3cc(OC)c(OC)cc32)ncn1)C(C)C. The van der Waals surface area contributed by atoms with E-state index in [0.29, 0.717) is 34.7 Å². The number of hydrogen-bond donors (Lipinski definition) is 3. The van der Waals surface area contributed by atoms with Crippen LogP contribution >= 0.6 is 0 Å². The fourth-order valence-electron chi connectivity index (χ4n) is 3.08. The van der Waals surface area contributed by atoms with Crippen molar-refractivity contribution < 1.29 is 9.47 Å². The van der Waals surface area contributed by atoms with E-state index in [0.717, 1.165) is 17.9 Å². The van der Waals surface area contributed by atoms with Gasteiger partial charge >= 0.3 is 0 Å². The van der Waals surface area contributed by atoms with Crippen molar-refractivity contribution in [3.8, 4) is 17.3 Å². The van der Waals surface area contributed by atoms with Gasteiger partial charge < -0.3 is 25.8 Å². The van der Waals surface area contributed by atoms with E-state index in [9.17, 15) is 0 Å². The van der Waals surface area contributed by atoms with Gasteiger partial charge in [-0.25, -0.2) is 15.0 Å². The average molecular weight is 385 g/mol. The van der Waals surface area contributed by atoms with E-state index in [4.69, 9.17) is 15.2 Å². The van der Waals surface area contributed by atoms with Crippen LogP contribution in [0.15, 0.2) is 24.5 Å². The van der Waals surface area contributed by atoms with Crippen molar-refractivity contribution in [2.45, 2.75) is 19.9 Å². The molecule has 0 aliphatic carbocycles. The molecule has 0 fully saturated rings. The molecular weight excluding hydrogens is 358 g/mol. The minimum Gasteiger partial charge on any atom is -0.493 e. The maximum atomic E-state index is 6.20. The van der Waals surface area contributed by atoms with Gasteiger partial charge in [0.05, 0.1) is 25.3 Å². The number of nitrogens with zero attached hydrogens (tertiary/aromatic N) is 4. The molecule has 3 rings (SSSR count). The molecule has 0 spiro atoms. The van der Waals surface area contributed by atoms with E-state index in [1.54, 1.807) is 24.9 Å². The Kier molecular flexibility index (Phi) is 5.84. The zero-order valence-electron chi connectivity index (χ0n) is 16.9. The molecule has 9 nitrogen and oxygen atoms in total. The lowest BCUT2D eigenvalue weighted by atomic mass is 10.0. The van der Waals surface area contributed by atoms with Crippen molar-refractivity contribution in [1.82, 2.24) is 24.8 Å². The normalized spacial score (nSPS) is 12.4. The molecular formula is C19H27N7O2. The van der Waals surface area contributed by atoms with Gasteiger partial charge in [-0.1, -0.05) is 13.8 Å². The predicted octanol–water partition coefficient (Wildman–Crippen LogP) is 2.07. The number of rotatable bonds is 8. The lowest BCUT2D eigenvalue weighted by Crippen LogP contribution is -2.35. The summed E-state index contributed by atoms with van der Waals surface area (Å²) < 4.78 is 12.5. The summed E-state index contributed by atoms with van der Waals surface area (Å²) in [6.45, 7) is 5.15. The number of fused-ring (bicyclic) bond motifs is 1. The van der Waals surface area contributed by atoms with Crippen molar-refractivity contribution in [3.63, 3.8) is 0 Å². The van der Waals surface area contributed by atoms with Gasteiger partial charge in [-0.3, -0.25) is 4.57 Å². The molecule has 0 unspecified atom stereocenters. The van der Waals surface area contributed by atoms with Crippen LogP contribution in [0.3, 0.4) is 0 Å². The van der Waals surface area contributed by atoms with E-state index in [1.807, 2.05) is 19.2 Å². The molecule has 0 saturated heterocycles. The molecule has 2 heterocycles. The van der Waals surface area contributed by atoms with Gasteiger partial charge in [-0.15, -0.1) is 0 Å². The molecule has 1 atom stereocenters. The number of ether oxygens (including phenoxy) is 2. The van der Waals surface area contributed by atoms with Crippen LogP contribution in [0.25, 0.3) is 16.9 Å². The summed E-state index contributed by atoms with van der Waals surface area (Å²) in [7, 11) is 5.11. The second-order valence-electron chi connectivity index (χ2n) is 6.82. The Morgan fingerprint density at radius 1 is 1.11 bits per heavy atom. The van der Waals surface area contributed by atoms with Gasteiger partial charge in [0.15, 0.2) is 11.5 Å². The molecule has 3 aromatic rings. The third kappa shape index (κ3) is 3.79. The summed E-state index contributed by atoms with van der Waals surface area (Å²) in [5.41, 5.74) is 7.66. The Balaban J connectivity index is 2.04. The molecule has 0 aliphatic rings. The lowest BCUT2D eigenvalue weighted by molar-refractivity contribution is 0.355. The number of methoxy groups -OCH3 is 2.